The number of carbonyl (C=O) groups excluding carboxylic acids is 2. The van der Waals surface area contributed by atoms with E-state index in [2.05, 4.69) is 0 Å². The van der Waals surface area contributed by atoms with Crippen LogP contribution in [0.1, 0.15) is 52.9 Å². The van der Waals surface area contributed by atoms with Crippen LogP contribution in [0.4, 0.5) is 4.39 Å². The number of halogens is 1. The van der Waals surface area contributed by atoms with Crippen molar-refractivity contribution in [2.75, 3.05) is 13.2 Å². The number of ketones is 2. The summed E-state index contributed by atoms with van der Waals surface area (Å²) in [5, 5.41) is 62.7. The number of hydrogen-bond donors (Lipinski definition) is 6. The fraction of sp³-hybridized carbons (Fsp3) is 0.786. The van der Waals surface area contributed by atoms with Gasteiger partial charge in [-0.1, -0.05) is 19.4 Å². The molecule has 1 saturated heterocycles. The molecule has 0 amide bonds. The van der Waals surface area contributed by atoms with Crippen LogP contribution in [0.2, 0.25) is 0 Å². The van der Waals surface area contributed by atoms with Crippen molar-refractivity contribution in [1.29, 1.82) is 0 Å². The second kappa shape index (κ2) is 8.99. The molecule has 4 fully saturated rings. The lowest BCUT2D eigenvalue weighted by molar-refractivity contribution is -0.227. The molecule has 4 aliphatic carbocycles. The summed E-state index contributed by atoms with van der Waals surface area (Å²) in [5.74, 6) is -2.53. The first-order valence-electron chi connectivity index (χ1n) is 13.5. The molecule has 0 aromatic heterocycles. The van der Waals surface area contributed by atoms with Gasteiger partial charge in [-0.15, -0.1) is 0 Å². The van der Waals surface area contributed by atoms with Crippen LogP contribution in [-0.4, -0.2) is 97.2 Å². The van der Waals surface area contributed by atoms with Gasteiger partial charge in [0, 0.05) is 10.8 Å². The molecule has 9 nitrogen and oxygen atoms in total. The summed E-state index contributed by atoms with van der Waals surface area (Å²) in [4.78, 5) is 25.6. The molecular weight excluding hydrogens is 499 g/mol. The Balaban J connectivity index is 1.59. The van der Waals surface area contributed by atoms with Gasteiger partial charge >= 0.3 is 0 Å². The minimum atomic E-state index is -1.94. The lowest BCUT2D eigenvalue weighted by Gasteiger charge is -2.63. The molecule has 0 radical (unpaired) electrons. The van der Waals surface area contributed by atoms with Crippen molar-refractivity contribution in [2.45, 2.75) is 94.7 Å². The number of alkyl halides is 1. The Bertz CT molecular complexity index is 1090. The smallest absolute Gasteiger partial charge is 0.190 e. The van der Waals surface area contributed by atoms with E-state index in [9.17, 15) is 40.2 Å². The maximum Gasteiger partial charge on any atom is 0.190 e. The van der Waals surface area contributed by atoms with Crippen LogP contribution in [-0.2, 0) is 14.3 Å². The van der Waals surface area contributed by atoms with Crippen molar-refractivity contribution in [1.82, 2.24) is 0 Å². The van der Waals surface area contributed by atoms with Crippen molar-refractivity contribution in [2.24, 2.45) is 28.6 Å². The normalized spacial score (nSPS) is 52.4. The van der Waals surface area contributed by atoms with Gasteiger partial charge in [-0.2, -0.15) is 0 Å². The molecule has 38 heavy (non-hydrogen) atoms. The average molecular weight is 539 g/mol. The number of carbonyl (C=O) groups is 2. The molecule has 0 spiro atoms. The molecule has 6 N–H and O–H groups in total. The molecule has 5 rings (SSSR count). The van der Waals surface area contributed by atoms with Crippen molar-refractivity contribution < 1.29 is 49.4 Å². The molecule has 3 saturated carbocycles. The highest BCUT2D eigenvalue weighted by molar-refractivity contribution is 6.02. The van der Waals surface area contributed by atoms with Gasteiger partial charge in [-0.3, -0.25) is 9.59 Å². The summed E-state index contributed by atoms with van der Waals surface area (Å²) < 4.78 is 23.7. The first-order chi connectivity index (χ1) is 17.7. The third-order valence-electron chi connectivity index (χ3n) is 11.2. The number of ether oxygens (including phenoxy) is 1. The molecular formula is C28H39FO9. The fourth-order valence-electron chi connectivity index (χ4n) is 9.06. The van der Waals surface area contributed by atoms with E-state index in [1.165, 1.54) is 12.2 Å². The molecule has 5 aliphatic rings. The Morgan fingerprint density at radius 2 is 1.76 bits per heavy atom. The number of allylic oxidation sites excluding steroid dienone is 3. The SMILES string of the molecule is CC1C[C@H]2[C@@H]3CCC4=CC(=O)C=C([C@@H]5O[C@H](CO)[C@H](O)[C@H](O)[C@H]5O)[C@]4(C)[C@@]3(F)CC[C@]2(C)[C@@]1(O)C(=O)CO. The van der Waals surface area contributed by atoms with Gasteiger partial charge in [0.2, 0.25) is 0 Å². The number of rotatable bonds is 4. The van der Waals surface area contributed by atoms with E-state index in [0.29, 0.717) is 24.8 Å². The van der Waals surface area contributed by atoms with Gasteiger partial charge in [0.1, 0.15) is 48.4 Å². The highest BCUT2D eigenvalue weighted by atomic mass is 19.1. The molecule has 0 aromatic carbocycles. The van der Waals surface area contributed by atoms with Crippen molar-refractivity contribution in [3.05, 3.63) is 23.3 Å². The average Bonchev–Trinajstić information content (AvgIpc) is 3.09. The van der Waals surface area contributed by atoms with Crippen LogP contribution in [0.15, 0.2) is 23.3 Å². The summed E-state index contributed by atoms with van der Waals surface area (Å²) in [6.45, 7) is 3.79. The zero-order valence-corrected chi connectivity index (χ0v) is 22.0. The second-order valence-corrected chi connectivity index (χ2v) is 12.6. The Morgan fingerprint density at radius 3 is 2.39 bits per heavy atom. The Hall–Kier alpha value is -1.53. The lowest BCUT2D eigenvalue weighted by atomic mass is 9.43. The summed E-state index contributed by atoms with van der Waals surface area (Å²) in [6, 6.07) is 0. The van der Waals surface area contributed by atoms with E-state index in [1.54, 1.807) is 20.8 Å². The minimum absolute atomic E-state index is 0.0464. The first kappa shape index (κ1) is 28.0. The molecule has 1 unspecified atom stereocenters. The van der Waals surface area contributed by atoms with Gasteiger partial charge in [0.25, 0.3) is 0 Å². The van der Waals surface area contributed by atoms with E-state index in [-0.39, 0.29) is 24.3 Å². The Morgan fingerprint density at radius 1 is 1.08 bits per heavy atom. The number of Topliss-reactive ketones (excluding diaryl/α,β-unsaturated/α-hetero) is 1. The number of fused-ring (bicyclic) bond motifs is 5. The van der Waals surface area contributed by atoms with Crippen LogP contribution < -0.4 is 0 Å². The fourth-order valence-corrected chi connectivity index (χ4v) is 9.06. The van der Waals surface area contributed by atoms with Gasteiger partial charge < -0.3 is 35.4 Å². The van der Waals surface area contributed by atoms with E-state index < -0.39 is 89.2 Å². The van der Waals surface area contributed by atoms with E-state index in [1.807, 2.05) is 0 Å². The van der Waals surface area contributed by atoms with Crippen molar-refractivity contribution in [3.8, 4) is 0 Å². The zero-order chi connectivity index (χ0) is 28.0. The molecule has 1 heterocycles. The predicted octanol–water partition coefficient (Wildman–Crippen LogP) is 0.137. The maximum absolute atomic E-state index is 17.9. The van der Waals surface area contributed by atoms with E-state index >= 15 is 4.39 Å². The molecule has 212 valence electrons. The number of hydrogen-bond acceptors (Lipinski definition) is 9. The van der Waals surface area contributed by atoms with Gasteiger partial charge in [0.15, 0.2) is 11.6 Å². The summed E-state index contributed by atoms with van der Waals surface area (Å²) in [6.07, 6.45) is -3.58. The Kier molecular flexibility index (Phi) is 6.63. The third-order valence-corrected chi connectivity index (χ3v) is 11.2. The maximum atomic E-state index is 17.9. The van der Waals surface area contributed by atoms with Crippen molar-refractivity contribution >= 4 is 11.6 Å². The highest BCUT2D eigenvalue weighted by Gasteiger charge is 2.74. The molecule has 12 atom stereocenters. The van der Waals surface area contributed by atoms with Gasteiger partial charge in [-0.05, 0) is 74.5 Å². The number of aliphatic hydroxyl groups excluding tert-OH is 5. The number of aliphatic hydroxyl groups is 6. The predicted molar refractivity (Wildman–Crippen MR) is 131 cm³/mol. The molecule has 0 aromatic rings. The highest BCUT2D eigenvalue weighted by Crippen LogP contribution is 2.72. The first-order valence-corrected chi connectivity index (χ1v) is 13.5. The lowest BCUT2D eigenvalue weighted by Crippen LogP contribution is -2.67. The largest absolute Gasteiger partial charge is 0.394 e. The van der Waals surface area contributed by atoms with Gasteiger partial charge in [0.05, 0.1) is 6.61 Å². The van der Waals surface area contributed by atoms with Crippen LogP contribution in [0.25, 0.3) is 0 Å². The zero-order valence-electron chi connectivity index (χ0n) is 22.0. The van der Waals surface area contributed by atoms with Crippen LogP contribution >= 0.6 is 0 Å². The minimum Gasteiger partial charge on any atom is -0.394 e. The molecule has 0 bridgehead atoms. The van der Waals surface area contributed by atoms with Crippen LogP contribution in [0.3, 0.4) is 0 Å². The summed E-state index contributed by atoms with van der Waals surface area (Å²) in [5.41, 5.74) is -5.40. The summed E-state index contributed by atoms with van der Waals surface area (Å²) >= 11 is 0. The molecule has 10 heteroatoms. The molecule has 1 aliphatic heterocycles. The van der Waals surface area contributed by atoms with E-state index in [4.69, 9.17) is 4.74 Å². The monoisotopic (exact) mass is 538 g/mol. The quantitative estimate of drug-likeness (QED) is 0.292. The van der Waals surface area contributed by atoms with Gasteiger partial charge in [-0.25, -0.2) is 4.39 Å². The second-order valence-electron chi connectivity index (χ2n) is 12.6. The topological polar surface area (TPSA) is 165 Å². The van der Waals surface area contributed by atoms with Crippen LogP contribution in [0, 0.1) is 28.6 Å². The van der Waals surface area contributed by atoms with E-state index in [0.717, 1.165) is 0 Å². The summed E-state index contributed by atoms with van der Waals surface area (Å²) in [7, 11) is 0. The van der Waals surface area contributed by atoms with Crippen molar-refractivity contribution in [3.63, 3.8) is 0 Å². The third kappa shape index (κ3) is 3.28. The Labute approximate surface area is 221 Å². The standard InChI is InChI=1S/C28H39FO9/c1-13-8-17-16-5-4-14-9-15(32)10-18(24-23(36)22(35)21(34)19(11-30)38-24)26(14,3)27(16,29)7-6-25(17,2)28(13,37)20(33)12-31/h9-10,13,16-17,19,21-24,30-31,34-37H,4-8,11-12H2,1-3H3/t13?,16-,17-,19+,21-,22-,23+,24-,25-,26+,27+,28-/m0/s1. The van der Waals surface area contributed by atoms with Crippen LogP contribution in [0.5, 0.6) is 0 Å².